The molecule has 3 aliphatic carbocycles. The summed E-state index contributed by atoms with van der Waals surface area (Å²) in [5.74, 6) is 2.53. The summed E-state index contributed by atoms with van der Waals surface area (Å²) in [5.41, 5.74) is 0.768. The molecule has 0 amide bonds. The Hall–Kier alpha value is 0.130. The van der Waals surface area contributed by atoms with Crippen molar-refractivity contribution < 1.29 is 0 Å². The van der Waals surface area contributed by atoms with Crippen LogP contribution in [-0.2, 0) is 0 Å². The van der Waals surface area contributed by atoms with Crippen molar-refractivity contribution in [3.05, 3.63) is 0 Å². The molecule has 4 radical (unpaired) electrons. The Labute approximate surface area is 83.7 Å². The highest BCUT2D eigenvalue weighted by Crippen LogP contribution is 2.80. The van der Waals surface area contributed by atoms with Crippen molar-refractivity contribution in [3.8, 4) is 0 Å². The van der Waals surface area contributed by atoms with E-state index in [9.17, 15) is 0 Å². The second-order valence-electron chi connectivity index (χ2n) is 5.59. The average molecular weight is 170 g/mol. The van der Waals surface area contributed by atoms with Crippen molar-refractivity contribution in [2.45, 2.75) is 44.2 Å². The fraction of sp³-hybridized carbons (Fsp3) is 1.00. The van der Waals surface area contributed by atoms with Gasteiger partial charge in [0.25, 0.3) is 0 Å². The third kappa shape index (κ3) is 0.856. The Bertz CT molecular complexity index is 248. The van der Waals surface area contributed by atoms with Crippen LogP contribution in [0, 0.1) is 23.2 Å². The monoisotopic (exact) mass is 170 g/mol. The van der Waals surface area contributed by atoms with Gasteiger partial charge in [-0.1, -0.05) is 18.6 Å². The van der Waals surface area contributed by atoms with Gasteiger partial charge >= 0.3 is 0 Å². The Balaban J connectivity index is 1.81. The zero-order valence-corrected chi connectivity index (χ0v) is 8.42. The van der Waals surface area contributed by atoms with E-state index in [0.29, 0.717) is 5.92 Å². The van der Waals surface area contributed by atoms with Crippen molar-refractivity contribution in [1.29, 1.82) is 0 Å². The van der Waals surface area contributed by atoms with E-state index in [1.54, 1.807) is 0 Å². The molecular formula is C11H16B2. The molecular weight excluding hydrogens is 154 g/mol. The summed E-state index contributed by atoms with van der Waals surface area (Å²) in [6.07, 6.45) is 6.62. The predicted octanol–water partition coefficient (Wildman–Crippen LogP) is 2.29. The summed E-state index contributed by atoms with van der Waals surface area (Å²) in [6, 6.07) is 0. The lowest BCUT2D eigenvalue weighted by molar-refractivity contribution is 0.163. The minimum Gasteiger partial charge on any atom is -0.0962 e. The molecule has 3 fully saturated rings. The minimum atomic E-state index is -0.370. The standard InChI is InChI=1S/C11H16B2/c1-2-11(12,13)8-5-7-3-4-10(7)6-9(8)10/h7-9H,2-6H2,1H3. The summed E-state index contributed by atoms with van der Waals surface area (Å²) < 4.78 is 0. The molecule has 0 N–H and O–H groups in total. The van der Waals surface area contributed by atoms with Crippen molar-refractivity contribution in [1.82, 2.24) is 0 Å². The minimum absolute atomic E-state index is 0.370. The molecule has 0 nitrogen and oxygen atoms in total. The smallest absolute Gasteiger partial charge is 0.0624 e. The maximum absolute atomic E-state index is 6.17. The van der Waals surface area contributed by atoms with E-state index in [0.717, 1.165) is 23.7 Å². The summed E-state index contributed by atoms with van der Waals surface area (Å²) >= 11 is 0. The van der Waals surface area contributed by atoms with Crippen LogP contribution in [0.4, 0.5) is 0 Å². The molecule has 66 valence electrons. The van der Waals surface area contributed by atoms with Gasteiger partial charge in [-0.15, -0.1) is 0 Å². The zero-order valence-electron chi connectivity index (χ0n) is 8.42. The molecule has 3 saturated carbocycles. The molecule has 0 aromatic rings. The first-order chi connectivity index (χ1) is 6.10. The van der Waals surface area contributed by atoms with Crippen LogP contribution >= 0.6 is 0 Å². The van der Waals surface area contributed by atoms with Crippen molar-refractivity contribution in [2.24, 2.45) is 23.2 Å². The van der Waals surface area contributed by atoms with Gasteiger partial charge in [-0.2, -0.15) is 0 Å². The first-order valence-electron chi connectivity index (χ1n) is 5.68. The molecule has 3 rings (SSSR count). The molecule has 0 bridgehead atoms. The molecule has 0 aromatic carbocycles. The number of rotatable bonds is 2. The van der Waals surface area contributed by atoms with Gasteiger partial charge in [-0.25, -0.2) is 0 Å². The molecule has 4 atom stereocenters. The van der Waals surface area contributed by atoms with Gasteiger partial charge in [-0.3, -0.25) is 0 Å². The number of hydrogen-bond donors (Lipinski definition) is 0. The van der Waals surface area contributed by atoms with Gasteiger partial charge in [0.2, 0.25) is 0 Å². The molecule has 0 aliphatic heterocycles. The van der Waals surface area contributed by atoms with E-state index in [2.05, 4.69) is 6.92 Å². The normalized spacial score (nSPS) is 52.2. The molecule has 4 unspecified atom stereocenters. The molecule has 0 heterocycles. The third-order valence-corrected chi connectivity index (χ3v) is 5.28. The van der Waals surface area contributed by atoms with Crippen LogP contribution in [-0.4, -0.2) is 15.7 Å². The highest BCUT2D eigenvalue weighted by atomic mass is 14.8. The summed E-state index contributed by atoms with van der Waals surface area (Å²) in [5, 5.41) is -0.370. The zero-order chi connectivity index (χ0) is 9.27. The second-order valence-corrected chi connectivity index (χ2v) is 5.59. The first kappa shape index (κ1) is 8.44. The van der Waals surface area contributed by atoms with Crippen LogP contribution < -0.4 is 0 Å². The molecule has 1 spiro atoms. The molecule has 13 heavy (non-hydrogen) atoms. The molecule has 2 heteroatoms. The largest absolute Gasteiger partial charge is 0.0962 e. The van der Waals surface area contributed by atoms with Gasteiger partial charge in [0, 0.05) is 0 Å². The summed E-state index contributed by atoms with van der Waals surface area (Å²) in [7, 11) is 12.3. The van der Waals surface area contributed by atoms with E-state index in [1.807, 2.05) is 0 Å². The van der Waals surface area contributed by atoms with E-state index in [4.69, 9.17) is 15.7 Å². The average Bonchev–Trinajstić information content (AvgIpc) is 2.76. The van der Waals surface area contributed by atoms with Gasteiger partial charge in [0.1, 0.15) is 0 Å². The quantitative estimate of drug-likeness (QED) is 0.557. The summed E-state index contributed by atoms with van der Waals surface area (Å²) in [6.45, 7) is 2.12. The SMILES string of the molecule is [B]C([B])(CC)C1CC2CCC23CC13. The second kappa shape index (κ2) is 2.20. The van der Waals surface area contributed by atoms with E-state index in [-0.39, 0.29) is 5.21 Å². The van der Waals surface area contributed by atoms with Crippen LogP contribution in [0.5, 0.6) is 0 Å². The fourth-order valence-electron chi connectivity index (χ4n) is 4.05. The van der Waals surface area contributed by atoms with E-state index >= 15 is 0 Å². The Morgan fingerprint density at radius 2 is 2.23 bits per heavy atom. The van der Waals surface area contributed by atoms with Gasteiger partial charge < -0.3 is 0 Å². The lowest BCUT2D eigenvalue weighted by Gasteiger charge is -2.36. The lowest BCUT2D eigenvalue weighted by atomic mass is 9.46. The van der Waals surface area contributed by atoms with Crippen molar-refractivity contribution in [3.63, 3.8) is 0 Å². The Morgan fingerprint density at radius 1 is 1.46 bits per heavy atom. The van der Waals surface area contributed by atoms with E-state index in [1.165, 1.54) is 25.7 Å². The fourth-order valence-corrected chi connectivity index (χ4v) is 4.05. The van der Waals surface area contributed by atoms with Crippen LogP contribution in [0.1, 0.15) is 39.0 Å². The van der Waals surface area contributed by atoms with Crippen LogP contribution in [0.25, 0.3) is 0 Å². The molecule has 0 aromatic heterocycles. The molecule has 0 saturated heterocycles. The van der Waals surface area contributed by atoms with Crippen LogP contribution in [0.2, 0.25) is 5.21 Å². The van der Waals surface area contributed by atoms with Crippen LogP contribution in [0.3, 0.4) is 0 Å². The maximum Gasteiger partial charge on any atom is 0.0624 e. The van der Waals surface area contributed by atoms with Crippen molar-refractivity contribution >= 4 is 15.7 Å². The summed E-state index contributed by atoms with van der Waals surface area (Å²) in [4.78, 5) is 0. The Kier molecular flexibility index (Phi) is 1.43. The highest BCUT2D eigenvalue weighted by Gasteiger charge is 2.71. The van der Waals surface area contributed by atoms with Gasteiger partial charge in [0.15, 0.2) is 0 Å². The van der Waals surface area contributed by atoms with E-state index < -0.39 is 0 Å². The van der Waals surface area contributed by atoms with Crippen molar-refractivity contribution in [2.75, 3.05) is 0 Å². The van der Waals surface area contributed by atoms with Gasteiger partial charge in [0.05, 0.1) is 15.7 Å². The molecule has 3 aliphatic rings. The lowest BCUT2D eigenvalue weighted by Crippen LogP contribution is -2.26. The maximum atomic E-state index is 6.17. The topological polar surface area (TPSA) is 0 Å². The van der Waals surface area contributed by atoms with Gasteiger partial charge in [-0.05, 0) is 48.9 Å². The highest BCUT2D eigenvalue weighted by molar-refractivity contribution is 6.40. The first-order valence-corrected chi connectivity index (χ1v) is 5.68. The van der Waals surface area contributed by atoms with Crippen LogP contribution in [0.15, 0.2) is 0 Å². The predicted molar refractivity (Wildman–Crippen MR) is 55.9 cm³/mol. The Morgan fingerprint density at radius 3 is 2.54 bits per heavy atom. The number of hydrogen-bond acceptors (Lipinski definition) is 0. The third-order valence-electron chi connectivity index (χ3n) is 5.28.